The number of rotatable bonds is 15. The highest BCUT2D eigenvalue weighted by Crippen LogP contribution is 2.27. The molecule has 0 unspecified atom stereocenters. The summed E-state index contributed by atoms with van der Waals surface area (Å²) in [5.74, 6) is -9.62. The summed E-state index contributed by atoms with van der Waals surface area (Å²) in [6.45, 7) is 22.7. The summed E-state index contributed by atoms with van der Waals surface area (Å²) in [5, 5.41) is 11.2. The van der Waals surface area contributed by atoms with Gasteiger partial charge in [0.15, 0.2) is 6.10 Å². The lowest BCUT2D eigenvalue weighted by Gasteiger charge is -2.41. The molecule has 0 saturated carbocycles. The summed E-state index contributed by atoms with van der Waals surface area (Å²) in [7, 11) is 8.56. The summed E-state index contributed by atoms with van der Waals surface area (Å²) in [5.41, 5.74) is 0.589. The number of methoxy groups -OCH3 is 1. The smallest absolute Gasteiger partial charge is 0.329 e. The van der Waals surface area contributed by atoms with Crippen LogP contribution in [0.3, 0.4) is 0 Å². The Hall–Kier alpha value is -6.81. The van der Waals surface area contributed by atoms with Crippen molar-refractivity contribution in [3.05, 3.63) is 29.8 Å². The number of nitrogens with one attached hydrogen (secondary N) is 4. The van der Waals surface area contributed by atoms with Crippen LogP contribution in [0.2, 0.25) is 0 Å². The van der Waals surface area contributed by atoms with E-state index in [1.807, 2.05) is 27.7 Å². The number of piperidine rings is 1. The Balaban J connectivity index is 2.30. The number of cyclic esters (lactones) is 1. The van der Waals surface area contributed by atoms with Gasteiger partial charge in [0.1, 0.15) is 54.1 Å². The van der Waals surface area contributed by atoms with Crippen LogP contribution in [0.25, 0.3) is 0 Å². The molecule has 0 bridgehead atoms. The van der Waals surface area contributed by atoms with E-state index in [9.17, 15) is 38.4 Å². The number of esters is 1. The van der Waals surface area contributed by atoms with E-state index < -0.39 is 162 Å². The topological polar surface area (TPSA) is 274 Å². The number of ether oxygens (including phenoxy) is 2. The van der Waals surface area contributed by atoms with E-state index >= 15 is 14.4 Å². The molecule has 1 aromatic rings. The van der Waals surface area contributed by atoms with E-state index in [2.05, 4.69) is 21.3 Å². The quantitative estimate of drug-likeness (QED) is 0.184. The number of fused-ring (bicyclic) bond motifs is 1. The number of carbonyl (C=O) groups excluding carboxylic acids is 11. The maximum atomic E-state index is 15.3. The normalized spacial score (nSPS) is 25.9. The van der Waals surface area contributed by atoms with Gasteiger partial charge in [-0.05, 0) is 85.8 Å². The lowest BCUT2D eigenvalue weighted by atomic mass is 9.92. The molecule has 23 heteroatoms. The molecule has 1 aromatic carbocycles. The van der Waals surface area contributed by atoms with E-state index in [-0.39, 0.29) is 31.8 Å². The van der Waals surface area contributed by atoms with Gasteiger partial charge >= 0.3 is 5.97 Å². The predicted octanol–water partition coefficient (Wildman–Crippen LogP) is 3.40. The first-order valence-corrected chi connectivity index (χ1v) is 30.4. The molecule has 3 rings (SSSR count). The minimum Gasteiger partial charge on any atom is -0.497 e. The number of nitrogens with zero attached hydrogens (tertiary/aromatic N) is 6. The molecule has 10 amide bonds. The molecule has 11 atom stereocenters. The van der Waals surface area contributed by atoms with Gasteiger partial charge in [-0.1, -0.05) is 108 Å². The second-order valence-corrected chi connectivity index (χ2v) is 24.8. The number of carbonyl (C=O) groups is 11. The van der Waals surface area contributed by atoms with Crippen molar-refractivity contribution >= 4 is 65.0 Å². The Morgan fingerprint density at radius 2 is 1.18 bits per heavy atom. The van der Waals surface area contributed by atoms with Gasteiger partial charge in [0.05, 0.1) is 20.1 Å². The zero-order chi connectivity index (χ0) is 64.5. The minimum absolute atomic E-state index is 0.108. The first-order valence-electron chi connectivity index (χ1n) is 30.4. The molecule has 2 saturated heterocycles. The maximum absolute atomic E-state index is 15.3. The van der Waals surface area contributed by atoms with Crippen LogP contribution < -0.4 is 26.0 Å². The number of likely N-dealkylation sites (N-methyl/N-ethyl adjacent to an activating group) is 5. The molecule has 2 fully saturated rings. The van der Waals surface area contributed by atoms with Crippen LogP contribution in [-0.4, -0.2) is 211 Å². The zero-order valence-electron chi connectivity index (χ0n) is 54.2. The second-order valence-electron chi connectivity index (χ2n) is 24.8. The van der Waals surface area contributed by atoms with Gasteiger partial charge < -0.3 is 60.1 Å². The van der Waals surface area contributed by atoms with Crippen molar-refractivity contribution in [2.75, 3.05) is 62.0 Å². The molecule has 2 aliphatic heterocycles. The first kappa shape index (κ1) is 72.4. The summed E-state index contributed by atoms with van der Waals surface area (Å²) in [6, 6.07) is -3.35. The van der Waals surface area contributed by atoms with E-state index in [0.717, 1.165) is 9.80 Å². The van der Waals surface area contributed by atoms with Gasteiger partial charge in [0.25, 0.3) is 5.91 Å². The third-order valence-electron chi connectivity index (χ3n) is 16.9. The number of hydrogen-bond acceptors (Lipinski definition) is 13. The zero-order valence-corrected chi connectivity index (χ0v) is 54.2. The number of hydrogen-bond donors (Lipinski definition) is 4. The summed E-state index contributed by atoms with van der Waals surface area (Å²) >= 11 is 0. The molecule has 2 heterocycles. The van der Waals surface area contributed by atoms with Crippen molar-refractivity contribution < 1.29 is 62.2 Å². The lowest BCUT2D eigenvalue weighted by Crippen LogP contribution is -2.63. The second kappa shape index (κ2) is 33.2. The van der Waals surface area contributed by atoms with Crippen LogP contribution in [0.5, 0.6) is 5.75 Å². The van der Waals surface area contributed by atoms with Crippen molar-refractivity contribution in [1.82, 2.24) is 50.7 Å². The fraction of sp³-hybridized carbons (Fsp3) is 0.726. The number of benzene rings is 1. The van der Waals surface area contributed by atoms with Gasteiger partial charge in [-0.25, -0.2) is 4.79 Å². The summed E-state index contributed by atoms with van der Waals surface area (Å²) in [6.07, 6.45) is 0.634. The van der Waals surface area contributed by atoms with Crippen LogP contribution in [0, 0.1) is 35.5 Å². The Labute approximate surface area is 505 Å². The Morgan fingerprint density at radius 3 is 1.72 bits per heavy atom. The summed E-state index contributed by atoms with van der Waals surface area (Å²) in [4.78, 5) is 168. The van der Waals surface area contributed by atoms with E-state index in [4.69, 9.17) is 9.47 Å². The highest BCUT2D eigenvalue weighted by Gasteiger charge is 2.46. The van der Waals surface area contributed by atoms with Crippen molar-refractivity contribution in [3.8, 4) is 5.75 Å². The van der Waals surface area contributed by atoms with Gasteiger partial charge in [-0.2, -0.15) is 0 Å². The van der Waals surface area contributed by atoms with E-state index in [0.29, 0.717) is 43.4 Å². The fourth-order valence-electron chi connectivity index (χ4n) is 11.2. The molecule has 0 spiro atoms. The standard InChI is InChI=1S/C62H102N10O13/c1-20-39(11)52-54(75)64-34-48(74)68(15)50(37(7)8)55(76)65-44(32-42-25-27-43(84-19)28-26-42)62(83)85-41(13)57(78)72-31-23-22-24-45(72)58(79)69(16)51(38(9)10)56(77)66-49(36(5)6)60(81)67(14)46(33-47(73)63-30-29-35(3)4)59(80)71(18)53(40(12)21-2)61(82)70(52)17/h25-28,35-41,44-46,49-53H,20-24,29-34H2,1-19H3,(H,63,73)(H,64,75)(H,65,76)(H,66,77)/t39-,40-,41+,44-,45-,46-,49-,50-,51-,52-,53-/m0/s1. The molecule has 2 aliphatic rings. The molecule has 85 heavy (non-hydrogen) atoms. The molecule has 0 radical (unpaired) electrons. The highest BCUT2D eigenvalue weighted by molar-refractivity contribution is 6.00. The first-order chi connectivity index (χ1) is 39.8. The fourth-order valence-corrected chi connectivity index (χ4v) is 11.2. The monoisotopic (exact) mass is 1190 g/mol. The van der Waals surface area contributed by atoms with Crippen LogP contribution in [0.15, 0.2) is 24.3 Å². The van der Waals surface area contributed by atoms with E-state index in [1.54, 1.807) is 79.7 Å². The average Bonchev–Trinajstić information content (AvgIpc) is 2.56. The molecular formula is C62H102N10O13. The molecular weight excluding hydrogens is 1090 g/mol. The lowest BCUT2D eigenvalue weighted by molar-refractivity contribution is -0.165. The van der Waals surface area contributed by atoms with Crippen molar-refractivity contribution in [1.29, 1.82) is 0 Å². The molecule has 0 aliphatic carbocycles. The van der Waals surface area contributed by atoms with Gasteiger partial charge in [0.2, 0.25) is 53.2 Å². The Bertz CT molecular complexity index is 2490. The van der Waals surface area contributed by atoms with Gasteiger partial charge in [-0.3, -0.25) is 47.9 Å². The Morgan fingerprint density at radius 1 is 0.635 bits per heavy atom. The molecule has 23 nitrogen and oxygen atoms in total. The highest BCUT2D eigenvalue weighted by atomic mass is 16.5. The van der Waals surface area contributed by atoms with Crippen LogP contribution in [0.1, 0.15) is 141 Å². The predicted molar refractivity (Wildman–Crippen MR) is 322 cm³/mol. The molecule has 0 aromatic heterocycles. The van der Waals surface area contributed by atoms with Crippen molar-refractivity contribution in [2.45, 2.75) is 196 Å². The van der Waals surface area contributed by atoms with Crippen LogP contribution in [-0.2, 0) is 63.9 Å². The SMILES string of the molecule is CC[C@H](C)[C@H]1C(=O)NCC(=O)N(C)[C@@H](C(C)C)C(=O)N[C@@H](Cc2ccc(OC)cc2)C(=O)O[C@H](C)C(=O)N2CCCC[C@H]2C(=O)N(C)[C@@H](C(C)C)C(=O)N[C@@H](C(C)C)C(=O)N(C)[C@@H](CC(=O)NCCC(C)C)C(=O)N(C)[C@@H]([C@@H](C)CC)C(=O)N1C. The average molecular weight is 1200 g/mol. The van der Waals surface area contributed by atoms with Crippen molar-refractivity contribution in [3.63, 3.8) is 0 Å². The molecule has 478 valence electrons. The number of amides is 10. The van der Waals surface area contributed by atoms with Crippen molar-refractivity contribution in [2.24, 2.45) is 35.5 Å². The minimum atomic E-state index is -1.51. The molecule has 4 N–H and O–H groups in total. The third kappa shape index (κ3) is 19.1. The largest absolute Gasteiger partial charge is 0.497 e. The van der Waals surface area contributed by atoms with Gasteiger partial charge in [-0.15, -0.1) is 0 Å². The maximum Gasteiger partial charge on any atom is 0.329 e. The van der Waals surface area contributed by atoms with Crippen LogP contribution >= 0.6 is 0 Å². The van der Waals surface area contributed by atoms with Crippen LogP contribution in [0.4, 0.5) is 0 Å². The van der Waals surface area contributed by atoms with E-state index in [1.165, 1.54) is 68.9 Å². The Kier molecular flexibility index (Phi) is 28.3. The third-order valence-corrected chi connectivity index (χ3v) is 16.9. The van der Waals surface area contributed by atoms with Gasteiger partial charge in [0, 0.05) is 54.7 Å². The summed E-state index contributed by atoms with van der Waals surface area (Å²) < 4.78 is 11.2.